The third-order valence-electron chi connectivity index (χ3n) is 4.69. The first-order valence-corrected chi connectivity index (χ1v) is 8.09. The summed E-state index contributed by atoms with van der Waals surface area (Å²) in [5.41, 5.74) is 4.29. The van der Waals surface area contributed by atoms with E-state index in [1.807, 2.05) is 6.07 Å². The van der Waals surface area contributed by atoms with Crippen molar-refractivity contribution in [1.29, 1.82) is 0 Å². The summed E-state index contributed by atoms with van der Waals surface area (Å²) in [7, 11) is 6.07. The summed E-state index contributed by atoms with van der Waals surface area (Å²) in [4.78, 5) is 0. The van der Waals surface area contributed by atoms with E-state index in [0.29, 0.717) is 0 Å². The van der Waals surface area contributed by atoms with Crippen LogP contribution in [-0.2, 0) is 0 Å². The minimum atomic E-state index is 0.785. The van der Waals surface area contributed by atoms with Gasteiger partial charge in [0, 0.05) is 16.5 Å². The number of para-hydroxylation sites is 1. The van der Waals surface area contributed by atoms with E-state index in [1.165, 1.54) is 27.1 Å². The Morgan fingerprint density at radius 3 is 2.25 bits per heavy atom. The van der Waals surface area contributed by atoms with E-state index in [-0.39, 0.29) is 0 Å². The lowest BCUT2D eigenvalue weighted by molar-refractivity contribution is 1.19. The number of hydrogen-bond donors (Lipinski definition) is 0. The molecule has 0 bridgehead atoms. The molecule has 0 saturated heterocycles. The maximum absolute atomic E-state index is 6.07. The summed E-state index contributed by atoms with van der Waals surface area (Å²) in [5.74, 6) is 0. The van der Waals surface area contributed by atoms with E-state index in [9.17, 15) is 0 Å². The molecular formula is C22H14BN. The maximum atomic E-state index is 6.07. The highest BCUT2D eigenvalue weighted by Crippen LogP contribution is 2.32. The van der Waals surface area contributed by atoms with Crippen LogP contribution in [0.25, 0.3) is 38.3 Å². The highest BCUT2D eigenvalue weighted by atomic mass is 15.0. The molecule has 110 valence electrons. The second kappa shape index (κ2) is 5.00. The molecular weight excluding hydrogens is 289 g/mol. The molecule has 0 unspecified atom stereocenters. The zero-order chi connectivity index (χ0) is 16.1. The van der Waals surface area contributed by atoms with Crippen LogP contribution < -0.4 is 5.46 Å². The van der Waals surface area contributed by atoms with Crippen molar-refractivity contribution in [2.75, 3.05) is 0 Å². The van der Waals surface area contributed by atoms with Crippen LogP contribution in [0, 0.1) is 0 Å². The molecule has 1 heterocycles. The van der Waals surface area contributed by atoms with Crippen molar-refractivity contribution in [3.05, 3.63) is 84.9 Å². The molecule has 2 heteroatoms. The molecule has 5 rings (SSSR count). The van der Waals surface area contributed by atoms with Gasteiger partial charge in [-0.15, -0.1) is 0 Å². The molecule has 0 spiro atoms. The molecule has 0 atom stereocenters. The SMILES string of the molecule is [B]c1ccc2c3ccccc3n(-c3ccc4ccccc4c3)c2c1. The van der Waals surface area contributed by atoms with Crippen molar-refractivity contribution in [2.45, 2.75) is 0 Å². The lowest BCUT2D eigenvalue weighted by Crippen LogP contribution is -2.02. The second-order valence-electron chi connectivity index (χ2n) is 6.16. The Hall–Kier alpha value is -3.00. The normalized spacial score (nSPS) is 11.5. The molecule has 5 aromatic rings. The monoisotopic (exact) mass is 303 g/mol. The van der Waals surface area contributed by atoms with Crippen LogP contribution in [0.1, 0.15) is 0 Å². The minimum Gasteiger partial charge on any atom is -0.309 e. The highest BCUT2D eigenvalue weighted by Gasteiger charge is 2.11. The fourth-order valence-corrected chi connectivity index (χ4v) is 3.58. The molecule has 4 aromatic carbocycles. The predicted molar refractivity (Wildman–Crippen MR) is 104 cm³/mol. The molecule has 0 N–H and O–H groups in total. The highest BCUT2D eigenvalue weighted by molar-refractivity contribution is 6.33. The van der Waals surface area contributed by atoms with Gasteiger partial charge in [-0.25, -0.2) is 0 Å². The van der Waals surface area contributed by atoms with E-state index in [4.69, 9.17) is 7.85 Å². The molecule has 2 radical (unpaired) electrons. The van der Waals surface area contributed by atoms with Crippen molar-refractivity contribution >= 4 is 45.9 Å². The Bertz CT molecular complexity index is 1220. The molecule has 0 aliphatic heterocycles. The van der Waals surface area contributed by atoms with Crippen LogP contribution in [0.15, 0.2) is 84.9 Å². The van der Waals surface area contributed by atoms with E-state index >= 15 is 0 Å². The van der Waals surface area contributed by atoms with Gasteiger partial charge >= 0.3 is 0 Å². The van der Waals surface area contributed by atoms with Crippen LogP contribution in [0.4, 0.5) is 0 Å². The Kier molecular flexibility index (Phi) is 2.80. The van der Waals surface area contributed by atoms with Gasteiger partial charge < -0.3 is 4.57 Å². The van der Waals surface area contributed by atoms with Gasteiger partial charge in [-0.1, -0.05) is 66.1 Å². The van der Waals surface area contributed by atoms with Gasteiger partial charge in [0.05, 0.1) is 11.0 Å². The smallest absolute Gasteiger partial charge is 0.113 e. The van der Waals surface area contributed by atoms with Gasteiger partial charge in [-0.3, -0.25) is 0 Å². The minimum absolute atomic E-state index is 0.785. The summed E-state index contributed by atoms with van der Waals surface area (Å²) in [5, 5.41) is 4.97. The summed E-state index contributed by atoms with van der Waals surface area (Å²) in [6.45, 7) is 0. The Morgan fingerprint density at radius 1 is 0.583 bits per heavy atom. The average molecular weight is 303 g/mol. The van der Waals surface area contributed by atoms with Crippen LogP contribution in [0.5, 0.6) is 0 Å². The van der Waals surface area contributed by atoms with Crippen molar-refractivity contribution in [3.63, 3.8) is 0 Å². The maximum Gasteiger partial charge on any atom is 0.113 e. The molecule has 0 saturated carbocycles. The molecule has 0 aliphatic rings. The number of hydrogen-bond acceptors (Lipinski definition) is 0. The first-order valence-electron chi connectivity index (χ1n) is 8.09. The molecule has 24 heavy (non-hydrogen) atoms. The number of nitrogens with zero attached hydrogens (tertiary/aromatic N) is 1. The third kappa shape index (κ3) is 1.90. The third-order valence-corrected chi connectivity index (χ3v) is 4.69. The first kappa shape index (κ1) is 13.4. The molecule has 1 aromatic heterocycles. The summed E-state index contributed by atoms with van der Waals surface area (Å²) in [6, 6.07) is 29.7. The van der Waals surface area contributed by atoms with Gasteiger partial charge in [0.2, 0.25) is 0 Å². The number of aromatic nitrogens is 1. The van der Waals surface area contributed by atoms with Crippen molar-refractivity contribution in [2.24, 2.45) is 0 Å². The topological polar surface area (TPSA) is 4.93 Å². The fraction of sp³-hybridized carbons (Fsp3) is 0. The summed E-state index contributed by atoms with van der Waals surface area (Å²) < 4.78 is 2.30. The van der Waals surface area contributed by atoms with Crippen LogP contribution >= 0.6 is 0 Å². The van der Waals surface area contributed by atoms with Crippen LogP contribution in [0.3, 0.4) is 0 Å². The van der Waals surface area contributed by atoms with Crippen molar-refractivity contribution in [1.82, 2.24) is 4.57 Å². The van der Waals surface area contributed by atoms with Crippen LogP contribution in [0.2, 0.25) is 0 Å². The van der Waals surface area contributed by atoms with Gasteiger partial charge in [0.25, 0.3) is 0 Å². The van der Waals surface area contributed by atoms with Crippen molar-refractivity contribution < 1.29 is 0 Å². The Labute approximate surface area is 141 Å². The first-order chi connectivity index (χ1) is 11.8. The fourth-order valence-electron chi connectivity index (χ4n) is 3.58. The van der Waals surface area contributed by atoms with Crippen LogP contribution in [-0.4, -0.2) is 12.4 Å². The van der Waals surface area contributed by atoms with Gasteiger partial charge in [-0.2, -0.15) is 0 Å². The number of rotatable bonds is 1. The number of benzene rings is 4. The quantitative estimate of drug-likeness (QED) is 0.394. The van der Waals surface area contributed by atoms with E-state index < -0.39 is 0 Å². The zero-order valence-corrected chi connectivity index (χ0v) is 13.1. The Balaban J connectivity index is 1.93. The van der Waals surface area contributed by atoms with E-state index in [0.717, 1.165) is 16.7 Å². The number of fused-ring (bicyclic) bond motifs is 4. The van der Waals surface area contributed by atoms with Gasteiger partial charge in [-0.05, 0) is 35.0 Å². The van der Waals surface area contributed by atoms with E-state index in [1.54, 1.807) is 0 Å². The summed E-state index contributed by atoms with van der Waals surface area (Å²) in [6.07, 6.45) is 0. The molecule has 0 fully saturated rings. The van der Waals surface area contributed by atoms with E-state index in [2.05, 4.69) is 83.4 Å². The van der Waals surface area contributed by atoms with Gasteiger partial charge in [0.15, 0.2) is 0 Å². The molecule has 0 aliphatic carbocycles. The summed E-state index contributed by atoms with van der Waals surface area (Å²) >= 11 is 0. The largest absolute Gasteiger partial charge is 0.309 e. The lowest BCUT2D eigenvalue weighted by atomic mass is 9.95. The molecule has 1 nitrogen and oxygen atoms in total. The lowest BCUT2D eigenvalue weighted by Gasteiger charge is -2.09. The zero-order valence-electron chi connectivity index (χ0n) is 13.1. The standard InChI is InChI=1S/C22H14BN/c23-17-10-12-20-19-7-3-4-8-21(19)24(22(20)14-17)18-11-9-15-5-1-2-6-16(15)13-18/h1-14H. The molecule has 0 amide bonds. The predicted octanol–water partition coefficient (Wildman–Crippen LogP) is 4.73. The average Bonchev–Trinajstić information content (AvgIpc) is 2.94. The Morgan fingerprint density at radius 2 is 1.33 bits per heavy atom. The van der Waals surface area contributed by atoms with Crippen molar-refractivity contribution in [3.8, 4) is 5.69 Å². The van der Waals surface area contributed by atoms with Gasteiger partial charge in [0.1, 0.15) is 7.85 Å². The second-order valence-corrected chi connectivity index (χ2v) is 6.16.